The molecule has 0 aromatic carbocycles. The van der Waals surface area contributed by atoms with Crippen LogP contribution in [-0.4, -0.2) is 47.6 Å². The van der Waals surface area contributed by atoms with E-state index >= 15 is 0 Å². The Morgan fingerprint density at radius 1 is 1.45 bits per heavy atom. The van der Waals surface area contributed by atoms with Crippen molar-refractivity contribution in [3.8, 4) is 0 Å². The fraction of sp³-hybridized carbons (Fsp3) is 0.600. The maximum Gasteiger partial charge on any atom is 0.190 e. The molecule has 0 spiro atoms. The number of aliphatic hydroxyl groups is 1. The summed E-state index contributed by atoms with van der Waals surface area (Å²) >= 11 is 3.36. The Hall–Kier alpha value is -0.890. The van der Waals surface area contributed by atoms with Gasteiger partial charge in [0, 0.05) is 13.0 Å². The van der Waals surface area contributed by atoms with Crippen LogP contribution in [0.1, 0.15) is 23.8 Å². The van der Waals surface area contributed by atoms with Crippen LogP contribution in [0.3, 0.4) is 0 Å². The van der Waals surface area contributed by atoms with Crippen LogP contribution in [0.5, 0.6) is 0 Å². The zero-order valence-electron chi connectivity index (χ0n) is 13.3. The largest absolute Gasteiger partial charge is 0.391 e. The highest BCUT2D eigenvalue weighted by Gasteiger charge is 2.25. The molecule has 2 aromatic rings. The lowest BCUT2D eigenvalue weighted by atomic mass is 10.1. The Kier molecular flexibility index (Phi) is 4.87. The zero-order valence-corrected chi connectivity index (χ0v) is 14.9. The number of quaternary nitrogens is 1. The molecule has 0 radical (unpaired) electrons. The van der Waals surface area contributed by atoms with Gasteiger partial charge in [-0.3, -0.25) is 0 Å². The van der Waals surface area contributed by atoms with E-state index < -0.39 is 0 Å². The molecule has 22 heavy (non-hydrogen) atoms. The van der Waals surface area contributed by atoms with Crippen LogP contribution in [0.2, 0.25) is 0 Å². The quantitative estimate of drug-likeness (QED) is 0.564. The Labute approximate surface area is 139 Å². The lowest BCUT2D eigenvalue weighted by Gasteiger charge is -2.19. The van der Waals surface area contributed by atoms with Crippen LogP contribution in [-0.2, 0) is 13.0 Å². The third-order valence-electron chi connectivity index (χ3n) is 4.14. The fourth-order valence-electron chi connectivity index (χ4n) is 2.77. The van der Waals surface area contributed by atoms with Crippen LogP contribution < -0.4 is 10.2 Å². The second-order valence-electron chi connectivity index (χ2n) is 5.82. The van der Waals surface area contributed by atoms with Crippen molar-refractivity contribution in [2.45, 2.75) is 37.6 Å². The summed E-state index contributed by atoms with van der Waals surface area (Å²) in [4.78, 5) is 13.4. The molecule has 1 unspecified atom stereocenters. The van der Waals surface area contributed by atoms with Crippen molar-refractivity contribution in [2.24, 2.45) is 0 Å². The zero-order chi connectivity index (χ0) is 15.7. The summed E-state index contributed by atoms with van der Waals surface area (Å²) in [5.41, 5.74) is 1.41. The minimum atomic E-state index is -0.340. The number of hydrogen-bond donors (Lipinski definition) is 3. The van der Waals surface area contributed by atoms with Crippen molar-refractivity contribution < 1.29 is 10.0 Å². The molecule has 2 atom stereocenters. The van der Waals surface area contributed by atoms with Gasteiger partial charge < -0.3 is 15.3 Å². The smallest absolute Gasteiger partial charge is 0.190 e. The first-order chi connectivity index (χ1) is 10.6. The van der Waals surface area contributed by atoms with E-state index in [4.69, 9.17) is 4.98 Å². The van der Waals surface area contributed by atoms with Gasteiger partial charge in [-0.2, -0.15) is 0 Å². The molecular formula is C15H23N4OS2+. The number of anilines is 1. The van der Waals surface area contributed by atoms with Gasteiger partial charge in [-0.1, -0.05) is 18.7 Å². The van der Waals surface area contributed by atoms with Crippen LogP contribution in [0.25, 0.3) is 10.2 Å². The van der Waals surface area contributed by atoms with Crippen molar-refractivity contribution in [3.05, 3.63) is 10.4 Å². The maximum absolute atomic E-state index is 9.83. The molecule has 0 fully saturated rings. The predicted molar refractivity (Wildman–Crippen MR) is 93.1 cm³/mol. The van der Waals surface area contributed by atoms with Gasteiger partial charge in [-0.25, -0.2) is 9.97 Å². The third kappa shape index (κ3) is 3.08. The molecule has 5 nitrogen and oxygen atoms in total. The van der Waals surface area contributed by atoms with E-state index in [-0.39, 0.29) is 6.10 Å². The first-order valence-electron chi connectivity index (χ1n) is 7.71. The monoisotopic (exact) mass is 339 g/mol. The van der Waals surface area contributed by atoms with Gasteiger partial charge in [0.2, 0.25) is 0 Å². The second-order valence-corrected chi connectivity index (χ2v) is 7.68. The highest BCUT2D eigenvalue weighted by atomic mass is 32.2. The van der Waals surface area contributed by atoms with Gasteiger partial charge in [0.1, 0.15) is 17.2 Å². The molecule has 3 N–H and O–H groups in total. The molecule has 120 valence electrons. The van der Waals surface area contributed by atoms with Crippen molar-refractivity contribution in [1.82, 2.24) is 9.97 Å². The van der Waals surface area contributed by atoms with Crippen LogP contribution >= 0.6 is 23.1 Å². The molecule has 2 aromatic heterocycles. The average molecular weight is 340 g/mol. The number of aromatic nitrogens is 2. The number of thiophene rings is 1. The van der Waals surface area contributed by atoms with Gasteiger partial charge in [0.15, 0.2) is 5.16 Å². The fourth-order valence-corrected chi connectivity index (χ4v) is 4.53. The standard InChI is InChI=1S/C15H22N4OS2/c1-4-9(20)7-16-13-12-10-5-6-19(2)8-11(10)22-14(12)18-15(17-13)21-3/h9,20H,4-8H2,1-3H3,(H,16,17,18)/p+1/t9-/m0/s1. The summed E-state index contributed by atoms with van der Waals surface area (Å²) in [5.74, 6) is 0.888. The van der Waals surface area contributed by atoms with E-state index in [1.54, 1.807) is 28.0 Å². The number of hydrogen-bond acceptors (Lipinski definition) is 6. The minimum absolute atomic E-state index is 0.340. The SMILES string of the molecule is CC[C@H](O)CNc1nc(SC)nc2sc3c(c12)CC[NH+](C)C3. The predicted octanol–water partition coefficient (Wildman–Crippen LogP) is 1.17. The molecule has 3 heterocycles. The first-order valence-corrected chi connectivity index (χ1v) is 9.76. The van der Waals surface area contributed by atoms with Gasteiger partial charge in [0.05, 0.1) is 30.0 Å². The second kappa shape index (κ2) is 6.70. The topological polar surface area (TPSA) is 62.5 Å². The molecule has 3 rings (SSSR count). The number of likely N-dealkylation sites (N-methyl/N-ethyl adjacent to an activating group) is 1. The Balaban J connectivity index is 2.04. The Morgan fingerprint density at radius 2 is 2.27 bits per heavy atom. The van der Waals surface area contributed by atoms with E-state index in [1.165, 1.54) is 15.8 Å². The van der Waals surface area contributed by atoms with Gasteiger partial charge in [-0.15, -0.1) is 11.3 Å². The average Bonchev–Trinajstić information content (AvgIpc) is 2.89. The van der Waals surface area contributed by atoms with E-state index in [2.05, 4.69) is 17.3 Å². The highest BCUT2D eigenvalue weighted by Crippen LogP contribution is 2.36. The van der Waals surface area contributed by atoms with E-state index in [0.717, 1.165) is 41.7 Å². The number of nitrogens with one attached hydrogen (secondary N) is 2. The number of rotatable bonds is 5. The third-order valence-corrected chi connectivity index (χ3v) is 5.81. The summed E-state index contributed by atoms with van der Waals surface area (Å²) in [6, 6.07) is 0. The number of aliphatic hydroxyl groups excluding tert-OH is 1. The first kappa shape index (κ1) is 16.0. The van der Waals surface area contributed by atoms with Crippen molar-refractivity contribution >= 4 is 39.1 Å². The summed E-state index contributed by atoms with van der Waals surface area (Å²) in [6.07, 6.45) is 3.48. The number of thioether (sulfide) groups is 1. The van der Waals surface area contributed by atoms with Crippen LogP contribution in [0, 0.1) is 0 Å². The lowest BCUT2D eigenvalue weighted by Crippen LogP contribution is -3.08. The summed E-state index contributed by atoms with van der Waals surface area (Å²) in [5, 5.41) is 15.1. The number of fused-ring (bicyclic) bond motifs is 3. The summed E-state index contributed by atoms with van der Waals surface area (Å²) in [6.45, 7) is 4.74. The molecule has 0 saturated carbocycles. The van der Waals surface area contributed by atoms with E-state index in [0.29, 0.717) is 6.54 Å². The molecule has 7 heteroatoms. The van der Waals surface area contributed by atoms with Crippen LogP contribution in [0.15, 0.2) is 5.16 Å². The molecule has 1 aliphatic heterocycles. The van der Waals surface area contributed by atoms with E-state index in [9.17, 15) is 5.11 Å². The van der Waals surface area contributed by atoms with Crippen molar-refractivity contribution in [3.63, 3.8) is 0 Å². The van der Waals surface area contributed by atoms with Crippen molar-refractivity contribution in [1.29, 1.82) is 0 Å². The molecule has 1 aliphatic rings. The van der Waals surface area contributed by atoms with E-state index in [1.807, 2.05) is 13.2 Å². The molecular weight excluding hydrogens is 316 g/mol. The molecule has 0 bridgehead atoms. The molecule has 0 aliphatic carbocycles. The van der Waals surface area contributed by atoms with Crippen LogP contribution in [0.4, 0.5) is 5.82 Å². The molecule has 0 saturated heterocycles. The van der Waals surface area contributed by atoms with Crippen molar-refractivity contribution in [2.75, 3.05) is 31.7 Å². The number of nitrogens with zero attached hydrogens (tertiary/aromatic N) is 2. The summed E-state index contributed by atoms with van der Waals surface area (Å²) in [7, 11) is 2.24. The van der Waals surface area contributed by atoms with Gasteiger partial charge in [-0.05, 0) is 18.2 Å². The maximum atomic E-state index is 9.83. The van der Waals surface area contributed by atoms with Gasteiger partial charge in [0.25, 0.3) is 0 Å². The Bertz CT molecular complexity index is 673. The molecule has 0 amide bonds. The minimum Gasteiger partial charge on any atom is -0.391 e. The normalized spacial score (nSPS) is 19.2. The Morgan fingerprint density at radius 3 is 3.00 bits per heavy atom. The highest BCUT2D eigenvalue weighted by molar-refractivity contribution is 7.98. The van der Waals surface area contributed by atoms with Gasteiger partial charge >= 0.3 is 0 Å². The summed E-state index contributed by atoms with van der Waals surface area (Å²) < 4.78 is 0. The lowest BCUT2D eigenvalue weighted by molar-refractivity contribution is -0.895.